The number of carbonyl (C=O) groups is 2. The smallest absolute Gasteiger partial charge is 0.305 e. The van der Waals surface area contributed by atoms with Crippen LogP contribution in [0.1, 0.15) is 43.2 Å². The number of nitrogens with one attached hydrogen (secondary N) is 1. The van der Waals surface area contributed by atoms with Gasteiger partial charge in [-0.3, -0.25) is 9.59 Å². The average molecular weight is 285 g/mol. The molecule has 0 bridgehead atoms. The first kappa shape index (κ1) is 15.4. The lowest BCUT2D eigenvalue weighted by Crippen LogP contribution is -2.26. The van der Waals surface area contributed by atoms with E-state index in [1.54, 1.807) is 6.07 Å². The summed E-state index contributed by atoms with van der Waals surface area (Å²) in [6, 6.07) is 3.13. The fraction of sp³-hybridized carbons (Fsp3) is 0.462. The van der Waals surface area contributed by atoms with E-state index in [9.17, 15) is 9.59 Å². The lowest BCUT2D eigenvalue weighted by Gasteiger charge is -2.18. The van der Waals surface area contributed by atoms with Gasteiger partial charge in [0.15, 0.2) is 0 Å². The van der Waals surface area contributed by atoms with Gasteiger partial charge in [-0.2, -0.15) is 0 Å². The van der Waals surface area contributed by atoms with Crippen molar-refractivity contribution in [2.45, 2.75) is 32.6 Å². The van der Waals surface area contributed by atoms with Crippen molar-refractivity contribution >= 4 is 23.5 Å². The molecule has 0 radical (unpaired) electrons. The molecule has 0 atom stereocenters. The predicted molar refractivity (Wildman–Crippen MR) is 72.5 cm³/mol. The van der Waals surface area contributed by atoms with Crippen molar-refractivity contribution in [3.8, 4) is 0 Å². The topological polar surface area (TPSA) is 79.3 Å². The Balaban J connectivity index is 2.86. The van der Waals surface area contributed by atoms with Gasteiger partial charge in [0.05, 0.1) is 6.42 Å². The van der Waals surface area contributed by atoms with Crippen LogP contribution in [-0.2, 0) is 10.2 Å². The van der Waals surface area contributed by atoms with Gasteiger partial charge in [0.1, 0.15) is 5.15 Å². The molecule has 0 saturated carbocycles. The van der Waals surface area contributed by atoms with Crippen LogP contribution in [0.2, 0.25) is 5.15 Å². The summed E-state index contributed by atoms with van der Waals surface area (Å²) in [4.78, 5) is 26.4. The minimum atomic E-state index is -0.955. The summed E-state index contributed by atoms with van der Waals surface area (Å²) in [7, 11) is 0. The van der Waals surface area contributed by atoms with Gasteiger partial charge in [0.2, 0.25) is 0 Å². The molecule has 0 aliphatic carbocycles. The summed E-state index contributed by atoms with van der Waals surface area (Å²) in [5.74, 6) is -1.31. The molecule has 5 nitrogen and oxygen atoms in total. The molecular formula is C13H17ClN2O3. The monoisotopic (exact) mass is 284 g/mol. The van der Waals surface area contributed by atoms with Crippen LogP contribution in [0.3, 0.4) is 0 Å². The zero-order valence-corrected chi connectivity index (χ0v) is 11.9. The van der Waals surface area contributed by atoms with Gasteiger partial charge >= 0.3 is 5.97 Å². The molecule has 0 unspecified atom stereocenters. The highest BCUT2D eigenvalue weighted by atomic mass is 35.5. The summed E-state index contributed by atoms with van der Waals surface area (Å²) in [5, 5.41) is 11.3. The van der Waals surface area contributed by atoms with E-state index in [1.807, 2.05) is 20.8 Å². The van der Waals surface area contributed by atoms with Crippen LogP contribution >= 0.6 is 11.6 Å². The molecule has 19 heavy (non-hydrogen) atoms. The Labute approximate surface area is 117 Å². The van der Waals surface area contributed by atoms with Crippen molar-refractivity contribution in [3.63, 3.8) is 0 Å². The van der Waals surface area contributed by atoms with Gasteiger partial charge in [-0.25, -0.2) is 4.98 Å². The van der Waals surface area contributed by atoms with Crippen LogP contribution < -0.4 is 5.32 Å². The quantitative estimate of drug-likeness (QED) is 0.831. The second kappa shape index (κ2) is 6.02. The Hall–Kier alpha value is -1.62. The number of aliphatic carboxylic acids is 1. The molecule has 2 N–H and O–H groups in total. The Kier molecular flexibility index (Phi) is 4.89. The molecule has 0 fully saturated rings. The van der Waals surface area contributed by atoms with E-state index >= 15 is 0 Å². The van der Waals surface area contributed by atoms with Crippen molar-refractivity contribution in [3.05, 3.63) is 28.5 Å². The number of pyridine rings is 1. The third-order valence-corrected chi connectivity index (χ3v) is 2.64. The van der Waals surface area contributed by atoms with E-state index in [1.165, 1.54) is 6.07 Å². The highest BCUT2D eigenvalue weighted by molar-refractivity contribution is 6.29. The number of carbonyl (C=O) groups excluding carboxylic acids is 1. The second-order valence-corrected chi connectivity index (χ2v) is 5.60. The molecule has 0 spiro atoms. The van der Waals surface area contributed by atoms with Gasteiger partial charge in [0.25, 0.3) is 5.91 Å². The first-order valence-corrected chi connectivity index (χ1v) is 6.26. The van der Waals surface area contributed by atoms with E-state index in [4.69, 9.17) is 16.7 Å². The molecule has 104 valence electrons. The number of carboxylic acids is 1. The maximum Gasteiger partial charge on any atom is 0.305 e. The molecule has 0 aromatic carbocycles. The van der Waals surface area contributed by atoms with E-state index in [-0.39, 0.29) is 29.4 Å². The molecule has 0 aliphatic heterocycles. The largest absolute Gasteiger partial charge is 0.481 e. The SMILES string of the molecule is CC(C)(C)c1cc(C(=O)NCCC(=O)O)cc(Cl)n1. The molecular weight excluding hydrogens is 268 g/mol. The molecule has 1 amide bonds. The third-order valence-electron chi connectivity index (χ3n) is 2.45. The summed E-state index contributed by atoms with van der Waals surface area (Å²) in [6.07, 6.45) is -0.114. The van der Waals surface area contributed by atoms with Crippen LogP contribution in [0.25, 0.3) is 0 Å². The maximum atomic E-state index is 11.9. The first-order chi connectivity index (χ1) is 8.70. The fourth-order valence-electron chi connectivity index (χ4n) is 1.40. The van der Waals surface area contributed by atoms with Crippen molar-refractivity contribution in [1.29, 1.82) is 0 Å². The normalized spacial score (nSPS) is 11.2. The van der Waals surface area contributed by atoms with E-state index in [2.05, 4.69) is 10.3 Å². The second-order valence-electron chi connectivity index (χ2n) is 5.21. The number of halogens is 1. The molecule has 1 heterocycles. The third kappa shape index (κ3) is 4.87. The minimum Gasteiger partial charge on any atom is -0.481 e. The van der Waals surface area contributed by atoms with E-state index < -0.39 is 5.97 Å². The summed E-state index contributed by atoms with van der Waals surface area (Å²) in [5.41, 5.74) is 0.875. The zero-order valence-electron chi connectivity index (χ0n) is 11.2. The Morgan fingerprint density at radius 2 is 2.00 bits per heavy atom. The molecule has 1 aromatic heterocycles. The summed E-state index contributed by atoms with van der Waals surface area (Å²) >= 11 is 5.90. The molecule has 1 rings (SSSR count). The Morgan fingerprint density at radius 3 is 2.53 bits per heavy atom. The van der Waals surface area contributed by atoms with Crippen LogP contribution in [-0.4, -0.2) is 28.5 Å². The Morgan fingerprint density at radius 1 is 1.37 bits per heavy atom. The number of hydrogen-bond acceptors (Lipinski definition) is 3. The van der Waals surface area contributed by atoms with Gasteiger partial charge in [0, 0.05) is 23.2 Å². The van der Waals surface area contributed by atoms with Crippen LogP contribution in [0.5, 0.6) is 0 Å². The molecule has 0 aliphatic rings. The van der Waals surface area contributed by atoms with Crippen molar-refractivity contribution in [1.82, 2.24) is 10.3 Å². The highest BCUT2D eigenvalue weighted by Crippen LogP contribution is 2.23. The van der Waals surface area contributed by atoms with Gasteiger partial charge in [-0.15, -0.1) is 0 Å². The predicted octanol–water partition coefficient (Wildman–Crippen LogP) is 2.24. The van der Waals surface area contributed by atoms with Crippen molar-refractivity contribution < 1.29 is 14.7 Å². The standard InChI is InChI=1S/C13H17ClN2O3/c1-13(2,3)9-6-8(7-10(14)16-9)12(19)15-5-4-11(17)18/h6-7H,4-5H2,1-3H3,(H,15,19)(H,17,18). The lowest BCUT2D eigenvalue weighted by molar-refractivity contribution is -0.136. The molecule has 0 saturated heterocycles. The van der Waals surface area contributed by atoms with Crippen LogP contribution in [0, 0.1) is 0 Å². The summed E-state index contributed by atoms with van der Waals surface area (Å²) < 4.78 is 0. The maximum absolute atomic E-state index is 11.9. The zero-order chi connectivity index (χ0) is 14.6. The average Bonchev–Trinajstić information content (AvgIpc) is 2.26. The number of nitrogens with zero attached hydrogens (tertiary/aromatic N) is 1. The highest BCUT2D eigenvalue weighted by Gasteiger charge is 2.18. The Bertz CT molecular complexity index is 495. The fourth-order valence-corrected chi connectivity index (χ4v) is 1.61. The number of amides is 1. The van der Waals surface area contributed by atoms with Crippen LogP contribution in [0.15, 0.2) is 12.1 Å². The van der Waals surface area contributed by atoms with Gasteiger partial charge < -0.3 is 10.4 Å². The van der Waals surface area contributed by atoms with Crippen LogP contribution in [0.4, 0.5) is 0 Å². The minimum absolute atomic E-state index is 0.0823. The number of rotatable bonds is 4. The number of carboxylic acid groups (broad SMARTS) is 1. The van der Waals surface area contributed by atoms with Gasteiger partial charge in [-0.05, 0) is 12.1 Å². The lowest BCUT2D eigenvalue weighted by atomic mass is 9.91. The molecule has 1 aromatic rings. The molecule has 6 heteroatoms. The number of hydrogen-bond donors (Lipinski definition) is 2. The van der Waals surface area contributed by atoms with Crippen molar-refractivity contribution in [2.75, 3.05) is 6.54 Å². The van der Waals surface area contributed by atoms with E-state index in [0.717, 1.165) is 0 Å². The summed E-state index contributed by atoms with van der Waals surface area (Å²) in [6.45, 7) is 5.99. The van der Waals surface area contributed by atoms with E-state index in [0.29, 0.717) is 11.3 Å². The van der Waals surface area contributed by atoms with Crippen molar-refractivity contribution in [2.24, 2.45) is 0 Å². The first-order valence-electron chi connectivity index (χ1n) is 5.88. The van der Waals surface area contributed by atoms with Gasteiger partial charge in [-0.1, -0.05) is 32.4 Å². The number of aromatic nitrogens is 1.